The van der Waals surface area contributed by atoms with Crippen molar-refractivity contribution in [2.45, 2.75) is 269 Å². The number of ether oxygens (including phenoxy) is 3. The van der Waals surface area contributed by atoms with Crippen LogP contribution < -0.4 is 5.32 Å². The lowest BCUT2D eigenvalue weighted by Gasteiger charge is -2.41. The van der Waals surface area contributed by atoms with E-state index >= 15 is 0 Å². The topological polar surface area (TPSA) is 175 Å². The minimum atomic E-state index is -1.64. The number of carbonyl (C=O) groups is 2. The highest BCUT2D eigenvalue weighted by molar-refractivity contribution is 5.80. The smallest absolute Gasteiger partial charge is 0.306 e. The van der Waals surface area contributed by atoms with Gasteiger partial charge in [-0.25, -0.2) is 0 Å². The van der Waals surface area contributed by atoms with Crippen molar-refractivity contribution in [2.75, 3.05) is 13.2 Å². The molecule has 458 valence electrons. The summed E-state index contributed by atoms with van der Waals surface area (Å²) in [7, 11) is 0. The van der Waals surface area contributed by atoms with Gasteiger partial charge in [0.1, 0.15) is 24.4 Å². The van der Waals surface area contributed by atoms with Crippen molar-refractivity contribution in [2.24, 2.45) is 0 Å². The Hall–Kier alpha value is -4.46. The number of nitrogens with one attached hydrogen (secondary N) is 1. The monoisotopic (exact) mass is 1130 g/mol. The number of aliphatic hydroxyl groups excluding tert-OH is 5. The predicted octanol–water partition coefficient (Wildman–Crippen LogP) is 15.4. The Bertz CT molecular complexity index is 1870. The molecule has 0 bridgehead atoms. The maximum Gasteiger partial charge on any atom is 0.306 e. The quantitative estimate of drug-likeness (QED) is 0.0149. The van der Waals surface area contributed by atoms with E-state index in [1.54, 1.807) is 6.08 Å². The van der Waals surface area contributed by atoms with E-state index in [2.05, 4.69) is 92.9 Å². The number of hydrogen-bond acceptors (Lipinski definition) is 10. The molecule has 0 radical (unpaired) electrons. The first kappa shape index (κ1) is 74.6. The lowest BCUT2D eigenvalue weighted by molar-refractivity contribution is -0.305. The normalized spacial score (nSPS) is 19.7. The third kappa shape index (κ3) is 43.8. The van der Waals surface area contributed by atoms with Gasteiger partial charge in [0, 0.05) is 6.42 Å². The van der Waals surface area contributed by atoms with Crippen LogP contribution in [0.3, 0.4) is 0 Å². The van der Waals surface area contributed by atoms with E-state index in [0.717, 1.165) is 122 Å². The van der Waals surface area contributed by atoms with Crippen LogP contribution in [0.4, 0.5) is 0 Å². The summed E-state index contributed by atoms with van der Waals surface area (Å²) in [6, 6.07) is -1.06. The second-order valence-corrected chi connectivity index (χ2v) is 21.2. The fraction of sp³-hybridized carbons (Fsp3) is 0.629. The molecule has 1 amide bonds. The van der Waals surface area contributed by atoms with E-state index in [0.29, 0.717) is 12.8 Å². The fourth-order valence-corrected chi connectivity index (χ4v) is 8.94. The Balaban J connectivity index is 2.71. The number of amides is 1. The second kappa shape index (κ2) is 56.0. The van der Waals surface area contributed by atoms with Gasteiger partial charge in [0.25, 0.3) is 0 Å². The minimum absolute atomic E-state index is 0.0952. The van der Waals surface area contributed by atoms with Crippen molar-refractivity contribution in [1.82, 2.24) is 5.32 Å². The molecule has 8 atom stereocenters. The van der Waals surface area contributed by atoms with Crippen molar-refractivity contribution in [3.05, 3.63) is 146 Å². The molecule has 0 spiro atoms. The predicted molar refractivity (Wildman–Crippen MR) is 337 cm³/mol. The molecule has 11 nitrogen and oxygen atoms in total. The molecule has 1 aliphatic heterocycles. The lowest BCUT2D eigenvalue weighted by Crippen LogP contribution is -2.61. The molecule has 81 heavy (non-hydrogen) atoms. The molecule has 1 fully saturated rings. The molecule has 1 rings (SSSR count). The molecular weight excluding hydrogens is 1010 g/mol. The Labute approximate surface area is 492 Å². The summed E-state index contributed by atoms with van der Waals surface area (Å²) >= 11 is 0. The minimum Gasteiger partial charge on any atom is -0.454 e. The van der Waals surface area contributed by atoms with E-state index in [1.807, 2.05) is 72.9 Å². The highest BCUT2D eigenvalue weighted by atomic mass is 16.7. The zero-order chi connectivity index (χ0) is 58.9. The van der Waals surface area contributed by atoms with Gasteiger partial charge in [-0.15, -0.1) is 0 Å². The third-order valence-corrected chi connectivity index (χ3v) is 13.9. The summed E-state index contributed by atoms with van der Waals surface area (Å²) in [6.07, 6.45) is 70.2. The number of carbonyl (C=O) groups excluding carboxylic acids is 2. The molecule has 6 N–H and O–H groups in total. The van der Waals surface area contributed by atoms with Crippen LogP contribution in [0.15, 0.2) is 146 Å². The Morgan fingerprint density at radius 3 is 1.48 bits per heavy atom. The summed E-state index contributed by atoms with van der Waals surface area (Å²) in [5, 5.41) is 57.0. The molecule has 0 aliphatic carbocycles. The summed E-state index contributed by atoms with van der Waals surface area (Å²) in [4.78, 5) is 26.6. The molecule has 0 aromatic heterocycles. The fourth-order valence-electron chi connectivity index (χ4n) is 8.94. The van der Waals surface area contributed by atoms with E-state index in [4.69, 9.17) is 14.2 Å². The zero-order valence-corrected chi connectivity index (χ0v) is 50.6. The maximum atomic E-state index is 13.4. The van der Waals surface area contributed by atoms with Gasteiger partial charge < -0.3 is 45.1 Å². The van der Waals surface area contributed by atoms with Crippen LogP contribution in [0, 0.1) is 0 Å². The number of aliphatic hydroxyl groups is 5. The van der Waals surface area contributed by atoms with Crippen LogP contribution in [0.25, 0.3) is 0 Å². The maximum absolute atomic E-state index is 13.4. The molecule has 11 heteroatoms. The van der Waals surface area contributed by atoms with Crippen LogP contribution >= 0.6 is 0 Å². The number of unbranched alkanes of at least 4 members (excludes halogenated alkanes) is 20. The van der Waals surface area contributed by atoms with Crippen molar-refractivity contribution in [1.29, 1.82) is 0 Å². The van der Waals surface area contributed by atoms with Gasteiger partial charge in [-0.1, -0.05) is 269 Å². The van der Waals surface area contributed by atoms with E-state index in [-0.39, 0.29) is 19.4 Å². The first-order valence-corrected chi connectivity index (χ1v) is 31.7. The Morgan fingerprint density at radius 2 is 0.951 bits per heavy atom. The van der Waals surface area contributed by atoms with Crippen LogP contribution in [0.1, 0.15) is 220 Å². The van der Waals surface area contributed by atoms with Crippen molar-refractivity contribution in [3.8, 4) is 0 Å². The number of rotatable bonds is 51. The number of allylic oxidation sites excluding steroid dienone is 23. The number of esters is 1. The largest absolute Gasteiger partial charge is 0.454 e. The first-order chi connectivity index (χ1) is 39.7. The van der Waals surface area contributed by atoms with Crippen molar-refractivity contribution >= 4 is 11.9 Å². The molecule has 0 aromatic rings. The number of hydrogen-bond donors (Lipinski definition) is 6. The lowest BCUT2D eigenvalue weighted by atomic mass is 9.99. The van der Waals surface area contributed by atoms with Gasteiger partial charge >= 0.3 is 5.97 Å². The van der Waals surface area contributed by atoms with Crippen LogP contribution in [-0.2, 0) is 23.8 Å². The molecule has 0 aromatic carbocycles. The highest BCUT2D eigenvalue weighted by Crippen LogP contribution is 2.26. The summed E-state index contributed by atoms with van der Waals surface area (Å²) in [5.41, 5.74) is 0. The summed E-state index contributed by atoms with van der Waals surface area (Å²) < 4.78 is 17.6. The molecule has 0 saturated carbocycles. The van der Waals surface area contributed by atoms with Gasteiger partial charge in [-0.3, -0.25) is 9.59 Å². The van der Waals surface area contributed by atoms with Gasteiger partial charge in [-0.05, 0) is 89.9 Å². The van der Waals surface area contributed by atoms with Gasteiger partial charge in [0.05, 0.1) is 25.4 Å². The molecule has 1 aliphatic rings. The van der Waals surface area contributed by atoms with E-state index < -0.39 is 67.4 Å². The average molecular weight is 1130 g/mol. The SMILES string of the molecule is CC\C=C/C=C/C=C/C=C\C=C\C=C\CCCCC(O)C(=O)NC(COC1OC(CO)C(O)C(O)C1OC(=O)CCCCCCCCC/C=C\C/C=C\C/C=C\C/C=C\C/C=C\CC)C(O)/C=C/CCCCCCCCCCCCC. The van der Waals surface area contributed by atoms with Gasteiger partial charge in [0.15, 0.2) is 12.4 Å². The van der Waals surface area contributed by atoms with E-state index in [1.165, 1.54) is 51.4 Å². The summed E-state index contributed by atoms with van der Waals surface area (Å²) in [5.74, 6) is -1.26. The van der Waals surface area contributed by atoms with Crippen LogP contribution in [0.5, 0.6) is 0 Å². The van der Waals surface area contributed by atoms with Gasteiger partial charge in [-0.2, -0.15) is 0 Å². The van der Waals surface area contributed by atoms with Crippen LogP contribution in [0.2, 0.25) is 0 Å². The molecular formula is C70H113NO10. The van der Waals surface area contributed by atoms with Crippen LogP contribution in [-0.4, -0.2) is 99.6 Å². The second-order valence-electron chi connectivity index (χ2n) is 21.2. The van der Waals surface area contributed by atoms with Gasteiger partial charge in [0.2, 0.25) is 5.91 Å². The standard InChI is InChI=1S/C70H113NO10/c1-4-7-10-13-16-19-22-25-27-29-30-31-32-33-34-35-37-40-43-46-49-52-55-58-65(75)81-68-67(77)66(76)64(59-72)80-70(68)79-60-61(62(73)56-53-50-47-44-41-38-24-21-18-15-12-9-6-3)71-69(78)63(74)57-54-51-48-45-42-39-36-28-26-23-20-17-14-11-8-5-2/h7-8,10-11,14,16-17,19-20,23,25-28,30-31,33-34,36,39,42,45,53,56,61-64,66-68,70,72-74,76-77H,4-6,9,12-13,15,18,21-22,24,29,32,35,37-38,40-41,43-44,46-52,54-55,57-60H2,1-3H3,(H,71,78)/b10-7-,11-8-,17-14+,19-16-,23-20+,27-25-,28-26-,31-30-,34-33-,39-36+,45-42+,56-53+. The highest BCUT2D eigenvalue weighted by Gasteiger charge is 2.47. The summed E-state index contributed by atoms with van der Waals surface area (Å²) in [6.45, 7) is 5.48. The molecule has 1 heterocycles. The van der Waals surface area contributed by atoms with Crippen molar-refractivity contribution in [3.63, 3.8) is 0 Å². The third-order valence-electron chi connectivity index (χ3n) is 13.9. The van der Waals surface area contributed by atoms with E-state index in [9.17, 15) is 35.1 Å². The Kier molecular flexibility index (Phi) is 51.6. The van der Waals surface area contributed by atoms with Crippen molar-refractivity contribution < 1.29 is 49.3 Å². The molecule has 8 unspecified atom stereocenters. The molecule has 1 saturated heterocycles. The first-order valence-electron chi connectivity index (χ1n) is 31.7. The zero-order valence-electron chi connectivity index (χ0n) is 50.6. The Morgan fingerprint density at radius 1 is 0.506 bits per heavy atom. The average Bonchev–Trinajstić information content (AvgIpc) is 3.47.